The van der Waals surface area contributed by atoms with Gasteiger partial charge in [0.1, 0.15) is 0 Å². The van der Waals surface area contributed by atoms with Gasteiger partial charge in [0.25, 0.3) is 0 Å². The van der Waals surface area contributed by atoms with Crippen molar-refractivity contribution >= 4 is 11.8 Å². The second-order valence-electron chi connectivity index (χ2n) is 5.40. The average molecular weight is 265 g/mol. The highest BCUT2D eigenvalue weighted by molar-refractivity contribution is 7.98. The molecule has 1 saturated heterocycles. The van der Waals surface area contributed by atoms with E-state index in [9.17, 15) is 0 Å². The molecule has 0 amide bonds. The Balaban J connectivity index is 2.10. The summed E-state index contributed by atoms with van der Waals surface area (Å²) in [4.78, 5) is 3.95. The number of thioether (sulfide) groups is 1. The molecular formula is C15H23NOS. The van der Waals surface area contributed by atoms with Gasteiger partial charge in [0.15, 0.2) is 0 Å². The molecule has 2 nitrogen and oxygen atoms in total. The molecule has 0 atom stereocenters. The molecular weight excluding hydrogens is 242 g/mol. The number of morpholine rings is 1. The first-order valence-corrected chi connectivity index (χ1v) is 7.80. The quantitative estimate of drug-likeness (QED) is 0.776. The van der Waals surface area contributed by atoms with Crippen LogP contribution in [0, 0.1) is 0 Å². The van der Waals surface area contributed by atoms with E-state index in [-0.39, 0.29) is 5.54 Å². The van der Waals surface area contributed by atoms with Gasteiger partial charge in [-0.3, -0.25) is 4.90 Å². The van der Waals surface area contributed by atoms with E-state index in [1.54, 1.807) is 0 Å². The number of benzene rings is 1. The van der Waals surface area contributed by atoms with Crippen molar-refractivity contribution in [1.82, 2.24) is 4.90 Å². The van der Waals surface area contributed by atoms with Gasteiger partial charge in [-0.1, -0.05) is 18.2 Å². The zero-order valence-corrected chi connectivity index (χ0v) is 12.4. The molecule has 1 aliphatic heterocycles. The third-order valence-corrected chi connectivity index (χ3v) is 4.52. The number of hydrogen-bond donors (Lipinski definition) is 0. The van der Waals surface area contributed by atoms with Gasteiger partial charge in [-0.2, -0.15) is 0 Å². The van der Waals surface area contributed by atoms with Gasteiger partial charge in [0.2, 0.25) is 0 Å². The molecule has 0 radical (unpaired) electrons. The lowest BCUT2D eigenvalue weighted by Crippen LogP contribution is -2.51. The molecule has 1 aromatic carbocycles. The van der Waals surface area contributed by atoms with Crippen LogP contribution in [0.5, 0.6) is 0 Å². The molecule has 0 bridgehead atoms. The summed E-state index contributed by atoms with van der Waals surface area (Å²) < 4.78 is 5.44. The summed E-state index contributed by atoms with van der Waals surface area (Å²) in [6, 6.07) is 8.74. The minimum absolute atomic E-state index is 0.204. The van der Waals surface area contributed by atoms with Gasteiger partial charge in [0, 0.05) is 23.5 Å². The van der Waals surface area contributed by atoms with Gasteiger partial charge < -0.3 is 4.74 Å². The first-order chi connectivity index (χ1) is 8.63. The van der Waals surface area contributed by atoms with E-state index in [0.29, 0.717) is 0 Å². The third-order valence-electron chi connectivity index (χ3n) is 3.68. The lowest BCUT2D eigenvalue weighted by molar-refractivity contribution is -0.0100. The lowest BCUT2D eigenvalue weighted by Gasteiger charge is -2.41. The molecule has 0 N–H and O–H groups in total. The Morgan fingerprint density at radius 1 is 1.22 bits per heavy atom. The van der Waals surface area contributed by atoms with Crippen LogP contribution < -0.4 is 0 Å². The van der Waals surface area contributed by atoms with E-state index in [0.717, 1.165) is 32.7 Å². The van der Waals surface area contributed by atoms with Gasteiger partial charge in [0.05, 0.1) is 13.2 Å². The maximum absolute atomic E-state index is 5.44. The van der Waals surface area contributed by atoms with Crippen LogP contribution in [0.15, 0.2) is 29.2 Å². The van der Waals surface area contributed by atoms with Crippen molar-refractivity contribution in [3.05, 3.63) is 29.8 Å². The summed E-state index contributed by atoms with van der Waals surface area (Å²) in [5.41, 5.74) is 1.66. The monoisotopic (exact) mass is 265 g/mol. The average Bonchev–Trinajstić information content (AvgIpc) is 2.40. The molecule has 18 heavy (non-hydrogen) atoms. The van der Waals surface area contributed by atoms with Crippen molar-refractivity contribution in [1.29, 1.82) is 0 Å². The van der Waals surface area contributed by atoms with Crippen LogP contribution in [-0.2, 0) is 11.2 Å². The van der Waals surface area contributed by atoms with Crippen molar-refractivity contribution in [2.45, 2.75) is 30.7 Å². The van der Waals surface area contributed by atoms with E-state index in [4.69, 9.17) is 4.74 Å². The van der Waals surface area contributed by atoms with Crippen molar-refractivity contribution < 1.29 is 4.74 Å². The molecule has 0 unspecified atom stereocenters. The standard InChI is InChI=1S/C15H23NOS/c1-15(2,16-8-10-17-11-9-16)12-13-6-4-5-7-14(13)18-3/h4-7H,8-12H2,1-3H3. The van der Waals surface area contributed by atoms with Crippen molar-refractivity contribution in [3.8, 4) is 0 Å². The summed E-state index contributed by atoms with van der Waals surface area (Å²) >= 11 is 1.84. The highest BCUT2D eigenvalue weighted by Crippen LogP contribution is 2.27. The largest absolute Gasteiger partial charge is 0.379 e. The Labute approximate surface area is 115 Å². The van der Waals surface area contributed by atoms with Gasteiger partial charge >= 0.3 is 0 Å². The number of hydrogen-bond acceptors (Lipinski definition) is 3. The van der Waals surface area contributed by atoms with Crippen LogP contribution in [0.25, 0.3) is 0 Å². The topological polar surface area (TPSA) is 12.5 Å². The SMILES string of the molecule is CSc1ccccc1CC(C)(C)N1CCOCC1. The fourth-order valence-electron chi connectivity index (χ4n) is 2.60. The number of rotatable bonds is 4. The molecule has 2 rings (SSSR count). The maximum atomic E-state index is 5.44. The zero-order valence-electron chi connectivity index (χ0n) is 11.6. The third kappa shape index (κ3) is 3.28. The molecule has 1 fully saturated rings. The molecule has 1 heterocycles. The predicted molar refractivity (Wildman–Crippen MR) is 78.4 cm³/mol. The fraction of sp³-hybridized carbons (Fsp3) is 0.600. The lowest BCUT2D eigenvalue weighted by atomic mass is 9.92. The number of nitrogens with zero attached hydrogens (tertiary/aromatic N) is 1. The summed E-state index contributed by atoms with van der Waals surface area (Å²) in [6.07, 6.45) is 3.25. The summed E-state index contributed by atoms with van der Waals surface area (Å²) in [6.45, 7) is 8.52. The first kappa shape index (κ1) is 13.9. The molecule has 0 saturated carbocycles. The Bertz CT molecular complexity index is 386. The normalized spacial score (nSPS) is 17.9. The Morgan fingerprint density at radius 2 is 1.89 bits per heavy atom. The fourth-order valence-corrected chi connectivity index (χ4v) is 3.21. The Hall–Kier alpha value is -0.510. The first-order valence-electron chi connectivity index (χ1n) is 6.58. The molecule has 0 aromatic heterocycles. The van der Waals surface area contributed by atoms with E-state index < -0.39 is 0 Å². The van der Waals surface area contributed by atoms with E-state index in [2.05, 4.69) is 49.3 Å². The highest BCUT2D eigenvalue weighted by atomic mass is 32.2. The minimum atomic E-state index is 0.204. The second-order valence-corrected chi connectivity index (χ2v) is 6.25. The molecule has 0 spiro atoms. The van der Waals surface area contributed by atoms with E-state index >= 15 is 0 Å². The van der Waals surface area contributed by atoms with Crippen molar-refractivity contribution in [3.63, 3.8) is 0 Å². The van der Waals surface area contributed by atoms with Crippen LogP contribution in [-0.4, -0.2) is 43.0 Å². The van der Waals surface area contributed by atoms with Crippen LogP contribution in [0.2, 0.25) is 0 Å². The predicted octanol–water partition coefficient (Wildman–Crippen LogP) is 3.06. The van der Waals surface area contributed by atoms with Gasteiger partial charge in [-0.25, -0.2) is 0 Å². The van der Waals surface area contributed by atoms with Crippen molar-refractivity contribution in [2.75, 3.05) is 32.6 Å². The number of ether oxygens (including phenoxy) is 1. The molecule has 0 aliphatic carbocycles. The Kier molecular flexibility index (Phi) is 4.71. The molecule has 3 heteroatoms. The highest BCUT2D eigenvalue weighted by Gasteiger charge is 2.28. The summed E-state index contributed by atoms with van der Waals surface area (Å²) in [7, 11) is 0. The van der Waals surface area contributed by atoms with E-state index in [1.807, 2.05) is 11.8 Å². The molecule has 1 aliphatic rings. The zero-order chi connectivity index (χ0) is 13.0. The minimum Gasteiger partial charge on any atom is -0.379 e. The van der Waals surface area contributed by atoms with Crippen LogP contribution >= 0.6 is 11.8 Å². The maximum Gasteiger partial charge on any atom is 0.0594 e. The van der Waals surface area contributed by atoms with Crippen LogP contribution in [0.4, 0.5) is 0 Å². The smallest absolute Gasteiger partial charge is 0.0594 e. The van der Waals surface area contributed by atoms with Crippen LogP contribution in [0.1, 0.15) is 19.4 Å². The van der Waals surface area contributed by atoms with Gasteiger partial charge in [-0.15, -0.1) is 11.8 Å². The molecule has 1 aromatic rings. The van der Waals surface area contributed by atoms with E-state index in [1.165, 1.54) is 10.5 Å². The van der Waals surface area contributed by atoms with Crippen LogP contribution in [0.3, 0.4) is 0 Å². The Morgan fingerprint density at radius 3 is 2.56 bits per heavy atom. The second kappa shape index (κ2) is 6.09. The summed E-state index contributed by atoms with van der Waals surface area (Å²) in [5.74, 6) is 0. The summed E-state index contributed by atoms with van der Waals surface area (Å²) in [5, 5.41) is 0. The van der Waals surface area contributed by atoms with Gasteiger partial charge in [-0.05, 0) is 38.2 Å². The molecule has 100 valence electrons. The van der Waals surface area contributed by atoms with Crippen molar-refractivity contribution in [2.24, 2.45) is 0 Å².